The number of aromatic amines is 1. The number of methoxy groups -OCH3 is 2. The second-order valence-electron chi connectivity index (χ2n) is 4.79. The van der Waals surface area contributed by atoms with Crippen LogP contribution in [0.1, 0.15) is 20.7 Å². The molecule has 0 amide bonds. The van der Waals surface area contributed by atoms with E-state index < -0.39 is 34.4 Å². The minimum Gasteiger partial charge on any atom is -0.493 e. The summed E-state index contributed by atoms with van der Waals surface area (Å²) in [6, 6.07) is 2.82. The Kier molecular flexibility index (Phi) is 5.02. The molecule has 10 heteroatoms. The van der Waals surface area contributed by atoms with Gasteiger partial charge in [0.15, 0.2) is 11.5 Å². The average molecular weight is 413 g/mol. The van der Waals surface area contributed by atoms with E-state index in [-0.39, 0.29) is 16.9 Å². The van der Waals surface area contributed by atoms with Gasteiger partial charge >= 0.3 is 11.9 Å². The van der Waals surface area contributed by atoms with Crippen molar-refractivity contribution in [1.82, 2.24) is 4.98 Å². The zero-order valence-electron chi connectivity index (χ0n) is 13.0. The maximum Gasteiger partial charge on any atom is 0.342 e. The molecule has 5 N–H and O–H groups in total. The molecule has 0 aliphatic heterocycles. The van der Waals surface area contributed by atoms with Crippen LogP contribution in [0.3, 0.4) is 0 Å². The Labute approximate surface area is 149 Å². The van der Waals surface area contributed by atoms with Crippen LogP contribution in [0.25, 0.3) is 11.1 Å². The number of carboxylic acids is 2. The number of carboxylic acid groups (broad SMARTS) is 2. The Morgan fingerprint density at radius 2 is 1.60 bits per heavy atom. The monoisotopic (exact) mass is 412 g/mol. The van der Waals surface area contributed by atoms with E-state index in [9.17, 15) is 24.6 Å². The quantitative estimate of drug-likeness (QED) is 0.579. The van der Waals surface area contributed by atoms with E-state index in [0.717, 1.165) is 0 Å². The van der Waals surface area contributed by atoms with Crippen molar-refractivity contribution in [3.8, 4) is 22.6 Å². The predicted octanol–water partition coefficient (Wildman–Crippen LogP) is 1.80. The van der Waals surface area contributed by atoms with Gasteiger partial charge in [-0.2, -0.15) is 0 Å². The molecule has 0 radical (unpaired) electrons. The van der Waals surface area contributed by atoms with Crippen molar-refractivity contribution in [2.24, 2.45) is 0 Å². The van der Waals surface area contributed by atoms with Gasteiger partial charge in [0, 0.05) is 15.6 Å². The summed E-state index contributed by atoms with van der Waals surface area (Å²) in [5.41, 5.74) is 3.06. The van der Waals surface area contributed by atoms with Crippen LogP contribution in [-0.4, -0.2) is 41.4 Å². The number of aromatic nitrogens is 1. The van der Waals surface area contributed by atoms with E-state index in [4.69, 9.17) is 15.2 Å². The van der Waals surface area contributed by atoms with Crippen molar-refractivity contribution >= 4 is 33.7 Å². The summed E-state index contributed by atoms with van der Waals surface area (Å²) in [4.78, 5) is 37.3. The van der Waals surface area contributed by atoms with Crippen LogP contribution < -0.4 is 20.8 Å². The minimum absolute atomic E-state index is 0.102. The first kappa shape index (κ1) is 18.3. The highest BCUT2D eigenvalue weighted by atomic mass is 79.9. The Morgan fingerprint density at radius 1 is 1.08 bits per heavy atom. The topological polar surface area (TPSA) is 152 Å². The van der Waals surface area contributed by atoms with Crippen LogP contribution in [0.5, 0.6) is 11.5 Å². The van der Waals surface area contributed by atoms with E-state index in [0.29, 0.717) is 10.2 Å². The Morgan fingerprint density at radius 3 is 2.08 bits per heavy atom. The minimum atomic E-state index is -1.60. The molecule has 0 unspecified atom stereocenters. The van der Waals surface area contributed by atoms with Gasteiger partial charge in [0.1, 0.15) is 16.9 Å². The summed E-state index contributed by atoms with van der Waals surface area (Å²) in [6.45, 7) is 0. The van der Waals surface area contributed by atoms with Crippen LogP contribution in [-0.2, 0) is 0 Å². The van der Waals surface area contributed by atoms with E-state index in [2.05, 4.69) is 15.9 Å². The van der Waals surface area contributed by atoms with Crippen molar-refractivity contribution in [1.29, 1.82) is 0 Å². The molecule has 0 spiro atoms. The number of anilines is 1. The highest BCUT2D eigenvalue weighted by Gasteiger charge is 2.28. The lowest BCUT2D eigenvalue weighted by atomic mass is 9.95. The van der Waals surface area contributed by atoms with Gasteiger partial charge in [-0.25, -0.2) is 9.59 Å². The normalized spacial score (nSPS) is 10.4. The molecular formula is C15H13BrN2O7. The maximum atomic E-state index is 12.1. The van der Waals surface area contributed by atoms with Gasteiger partial charge in [-0.05, 0) is 12.1 Å². The predicted molar refractivity (Wildman–Crippen MR) is 91.6 cm³/mol. The molecule has 9 nitrogen and oxygen atoms in total. The maximum absolute atomic E-state index is 12.1. The lowest BCUT2D eigenvalue weighted by Crippen LogP contribution is -2.24. The van der Waals surface area contributed by atoms with Crippen LogP contribution >= 0.6 is 15.9 Å². The number of halogens is 1. The molecule has 132 valence electrons. The SMILES string of the molecule is COc1cc(Br)c(-c2c(C(=O)O)c(N)[nH]c(=O)c2C(=O)O)cc1OC. The van der Waals surface area contributed by atoms with Crippen LogP contribution in [0.15, 0.2) is 21.4 Å². The molecule has 0 atom stereocenters. The number of nitrogen functional groups attached to an aromatic ring is 1. The van der Waals surface area contributed by atoms with Gasteiger partial charge in [0.25, 0.3) is 5.56 Å². The van der Waals surface area contributed by atoms with Crippen molar-refractivity contribution in [3.05, 3.63) is 38.1 Å². The summed E-state index contributed by atoms with van der Waals surface area (Å²) in [5.74, 6) is -3.01. The molecule has 1 aromatic heterocycles. The molecule has 0 fully saturated rings. The fourth-order valence-corrected chi connectivity index (χ4v) is 2.88. The largest absolute Gasteiger partial charge is 0.493 e. The number of hydrogen-bond acceptors (Lipinski definition) is 6. The third-order valence-electron chi connectivity index (χ3n) is 3.41. The molecule has 2 rings (SSSR count). The second-order valence-corrected chi connectivity index (χ2v) is 5.64. The summed E-state index contributed by atoms with van der Waals surface area (Å²) in [7, 11) is 2.76. The summed E-state index contributed by atoms with van der Waals surface area (Å²) in [5, 5.41) is 18.9. The van der Waals surface area contributed by atoms with E-state index in [1.807, 2.05) is 4.98 Å². The Balaban J connectivity index is 3.03. The van der Waals surface area contributed by atoms with Gasteiger partial charge in [-0.15, -0.1) is 0 Å². The van der Waals surface area contributed by atoms with Gasteiger partial charge in [0.2, 0.25) is 0 Å². The Bertz CT molecular complexity index is 936. The number of hydrogen-bond donors (Lipinski definition) is 4. The number of rotatable bonds is 5. The first-order chi connectivity index (χ1) is 11.7. The van der Waals surface area contributed by atoms with E-state index >= 15 is 0 Å². The third-order valence-corrected chi connectivity index (χ3v) is 4.07. The van der Waals surface area contributed by atoms with Crippen molar-refractivity contribution in [3.63, 3.8) is 0 Å². The van der Waals surface area contributed by atoms with E-state index in [1.54, 1.807) is 0 Å². The number of nitrogens with two attached hydrogens (primary N) is 1. The highest BCUT2D eigenvalue weighted by Crippen LogP contribution is 2.41. The lowest BCUT2D eigenvalue weighted by Gasteiger charge is -2.16. The van der Waals surface area contributed by atoms with Gasteiger partial charge < -0.3 is 30.4 Å². The number of H-pyrrole nitrogens is 1. The van der Waals surface area contributed by atoms with Gasteiger partial charge in [-0.3, -0.25) is 4.79 Å². The smallest absolute Gasteiger partial charge is 0.342 e. The second kappa shape index (κ2) is 6.85. The number of aromatic carboxylic acids is 2. The number of carbonyl (C=O) groups is 2. The standard InChI is InChI=1S/C15H13BrN2O7/c1-24-7-3-5(6(16)4-8(7)25-2)9-10(14(20)21)12(17)18-13(19)11(9)15(22)23/h3-4H,1-2H3,(H,20,21)(H,22,23)(H3,17,18,19). The number of nitrogens with one attached hydrogen (secondary N) is 1. The van der Waals surface area contributed by atoms with Crippen molar-refractivity contribution in [2.75, 3.05) is 20.0 Å². The van der Waals surface area contributed by atoms with Crippen molar-refractivity contribution in [2.45, 2.75) is 0 Å². The van der Waals surface area contributed by atoms with E-state index in [1.165, 1.54) is 26.4 Å². The molecular weight excluding hydrogens is 400 g/mol. The molecule has 1 aromatic carbocycles. The summed E-state index contributed by atoms with van der Waals surface area (Å²) < 4.78 is 10.6. The fraction of sp³-hybridized carbons (Fsp3) is 0.133. The van der Waals surface area contributed by atoms with Crippen LogP contribution in [0, 0.1) is 0 Å². The first-order valence-corrected chi connectivity index (χ1v) is 7.46. The first-order valence-electron chi connectivity index (χ1n) is 6.67. The molecule has 25 heavy (non-hydrogen) atoms. The zero-order chi connectivity index (χ0) is 18.9. The fourth-order valence-electron chi connectivity index (χ4n) is 2.36. The van der Waals surface area contributed by atoms with Crippen LogP contribution in [0.4, 0.5) is 5.82 Å². The van der Waals surface area contributed by atoms with Crippen LogP contribution in [0.2, 0.25) is 0 Å². The number of benzene rings is 1. The van der Waals surface area contributed by atoms with Gasteiger partial charge in [0.05, 0.1) is 14.2 Å². The van der Waals surface area contributed by atoms with Gasteiger partial charge in [-0.1, -0.05) is 15.9 Å². The molecule has 2 aromatic rings. The number of pyridine rings is 1. The molecule has 0 aliphatic carbocycles. The third kappa shape index (κ3) is 3.15. The molecule has 0 bridgehead atoms. The molecule has 0 saturated heterocycles. The Hall–Kier alpha value is -3.01. The molecule has 1 heterocycles. The highest BCUT2D eigenvalue weighted by molar-refractivity contribution is 9.10. The molecule has 0 saturated carbocycles. The van der Waals surface area contributed by atoms with Crippen molar-refractivity contribution < 1.29 is 29.3 Å². The summed E-state index contributed by atoms with van der Waals surface area (Å²) >= 11 is 3.23. The zero-order valence-corrected chi connectivity index (χ0v) is 14.6. The lowest BCUT2D eigenvalue weighted by molar-refractivity contribution is 0.0695. The number of ether oxygens (including phenoxy) is 2. The molecule has 0 aliphatic rings. The summed E-state index contributed by atoms with van der Waals surface area (Å²) in [6.07, 6.45) is 0. The average Bonchev–Trinajstić information content (AvgIpc) is 2.52.